The summed E-state index contributed by atoms with van der Waals surface area (Å²) in [7, 11) is 4.06. The van der Waals surface area contributed by atoms with Crippen molar-refractivity contribution in [2.24, 2.45) is 11.7 Å². The van der Waals surface area contributed by atoms with E-state index in [1.807, 2.05) is 19.0 Å². The molecule has 2 N–H and O–H groups in total. The number of hydrogen-bond donors (Lipinski definition) is 1. The van der Waals surface area contributed by atoms with E-state index >= 15 is 0 Å². The van der Waals surface area contributed by atoms with Gasteiger partial charge in [-0.25, -0.2) is 0 Å². The number of nitrogens with two attached hydrogens (primary N) is 1. The fourth-order valence-electron chi connectivity index (χ4n) is 2.74. The van der Waals surface area contributed by atoms with E-state index in [4.69, 9.17) is 5.73 Å². The van der Waals surface area contributed by atoms with Crippen molar-refractivity contribution >= 4 is 17.3 Å². The van der Waals surface area contributed by atoms with E-state index in [1.54, 1.807) is 6.92 Å². The summed E-state index contributed by atoms with van der Waals surface area (Å²) in [5.74, 6) is 0.583. The Bertz CT molecular complexity index is 470. The number of fused-ring (bicyclic) bond motifs is 1. The first kappa shape index (κ1) is 13.9. The minimum atomic E-state index is 0.112. The molecule has 2 rings (SSSR count). The van der Waals surface area contributed by atoms with E-state index in [2.05, 4.69) is 23.1 Å². The summed E-state index contributed by atoms with van der Waals surface area (Å²) in [6.07, 6.45) is 1.98. The number of amides is 1. The Labute approximate surface area is 115 Å². The maximum atomic E-state index is 11.8. The summed E-state index contributed by atoms with van der Waals surface area (Å²) in [5, 5.41) is 0. The van der Waals surface area contributed by atoms with Gasteiger partial charge in [-0.2, -0.15) is 0 Å². The largest absolute Gasteiger partial charge is 0.378 e. The van der Waals surface area contributed by atoms with Gasteiger partial charge >= 0.3 is 0 Å². The molecule has 0 aromatic heterocycles. The zero-order valence-electron chi connectivity index (χ0n) is 12.0. The maximum Gasteiger partial charge on any atom is 0.223 e. The summed E-state index contributed by atoms with van der Waals surface area (Å²) in [6.45, 7) is 3.11. The molecule has 0 aliphatic carbocycles. The Kier molecular flexibility index (Phi) is 4.10. The van der Waals surface area contributed by atoms with Crippen LogP contribution in [0.25, 0.3) is 0 Å². The quantitative estimate of drug-likeness (QED) is 0.899. The SMILES string of the molecule is CC(=O)N1CC(CCN)Cc2cc(N(C)C)ccc21. The van der Waals surface area contributed by atoms with E-state index in [9.17, 15) is 4.79 Å². The molecule has 1 heterocycles. The molecule has 0 saturated carbocycles. The van der Waals surface area contributed by atoms with Gasteiger partial charge in [0, 0.05) is 38.9 Å². The molecule has 1 aromatic rings. The molecule has 0 radical (unpaired) electrons. The van der Waals surface area contributed by atoms with Gasteiger partial charge in [0.2, 0.25) is 5.91 Å². The lowest BCUT2D eigenvalue weighted by molar-refractivity contribution is -0.116. The normalized spacial score (nSPS) is 18.1. The Hall–Kier alpha value is -1.55. The molecule has 1 unspecified atom stereocenters. The topological polar surface area (TPSA) is 49.6 Å². The third-order valence-electron chi connectivity index (χ3n) is 3.77. The van der Waals surface area contributed by atoms with E-state index < -0.39 is 0 Å². The first-order valence-corrected chi connectivity index (χ1v) is 6.81. The minimum Gasteiger partial charge on any atom is -0.378 e. The lowest BCUT2D eigenvalue weighted by Crippen LogP contribution is -2.39. The molecular weight excluding hydrogens is 238 g/mol. The highest BCUT2D eigenvalue weighted by atomic mass is 16.2. The second-order valence-electron chi connectivity index (χ2n) is 5.48. The fraction of sp³-hybridized carbons (Fsp3) is 0.533. The summed E-state index contributed by atoms with van der Waals surface area (Å²) in [6, 6.07) is 6.32. The second kappa shape index (κ2) is 5.61. The molecule has 1 atom stereocenters. The minimum absolute atomic E-state index is 0.112. The smallest absolute Gasteiger partial charge is 0.223 e. The average Bonchev–Trinajstić information content (AvgIpc) is 2.37. The highest BCUT2D eigenvalue weighted by Gasteiger charge is 2.26. The molecule has 0 fully saturated rings. The molecule has 4 nitrogen and oxygen atoms in total. The van der Waals surface area contributed by atoms with Crippen LogP contribution in [-0.4, -0.2) is 33.1 Å². The second-order valence-corrected chi connectivity index (χ2v) is 5.48. The van der Waals surface area contributed by atoms with Gasteiger partial charge in [-0.3, -0.25) is 4.79 Å². The molecule has 4 heteroatoms. The van der Waals surface area contributed by atoms with E-state index in [-0.39, 0.29) is 5.91 Å². The van der Waals surface area contributed by atoms with Crippen LogP contribution in [0.4, 0.5) is 11.4 Å². The number of carbonyl (C=O) groups excluding carboxylic acids is 1. The Morgan fingerprint density at radius 3 is 2.79 bits per heavy atom. The molecular formula is C15H23N3O. The van der Waals surface area contributed by atoms with Crippen LogP contribution in [-0.2, 0) is 11.2 Å². The predicted molar refractivity (Wildman–Crippen MR) is 79.7 cm³/mol. The molecule has 19 heavy (non-hydrogen) atoms. The molecule has 1 aliphatic rings. The maximum absolute atomic E-state index is 11.8. The van der Waals surface area contributed by atoms with Crippen molar-refractivity contribution in [1.82, 2.24) is 0 Å². The molecule has 0 bridgehead atoms. The first-order valence-electron chi connectivity index (χ1n) is 6.81. The molecule has 104 valence electrons. The molecule has 1 aliphatic heterocycles. The van der Waals surface area contributed by atoms with Crippen LogP contribution in [0, 0.1) is 5.92 Å². The predicted octanol–water partition coefficient (Wildman–Crippen LogP) is 1.63. The first-order chi connectivity index (χ1) is 9.02. The number of hydrogen-bond acceptors (Lipinski definition) is 3. The Morgan fingerprint density at radius 1 is 1.47 bits per heavy atom. The summed E-state index contributed by atoms with van der Waals surface area (Å²) < 4.78 is 0. The highest BCUT2D eigenvalue weighted by Crippen LogP contribution is 2.33. The zero-order valence-corrected chi connectivity index (χ0v) is 12.0. The van der Waals surface area contributed by atoms with Gasteiger partial charge in [0.1, 0.15) is 0 Å². The van der Waals surface area contributed by atoms with Crippen molar-refractivity contribution in [2.75, 3.05) is 37.0 Å². The van der Waals surface area contributed by atoms with Crippen LogP contribution in [0.3, 0.4) is 0 Å². The Balaban J connectivity index is 2.36. The van der Waals surface area contributed by atoms with Gasteiger partial charge in [0.15, 0.2) is 0 Å². The van der Waals surface area contributed by atoms with Crippen molar-refractivity contribution in [1.29, 1.82) is 0 Å². The Morgan fingerprint density at radius 2 is 2.21 bits per heavy atom. The van der Waals surface area contributed by atoms with Crippen LogP contribution in [0.2, 0.25) is 0 Å². The molecule has 0 saturated heterocycles. The molecule has 1 amide bonds. The fourth-order valence-corrected chi connectivity index (χ4v) is 2.74. The number of anilines is 2. The van der Waals surface area contributed by atoms with Gasteiger partial charge in [-0.15, -0.1) is 0 Å². The standard InChI is InChI=1S/C15H23N3O/c1-11(19)18-10-12(6-7-16)8-13-9-14(17(2)3)4-5-15(13)18/h4-5,9,12H,6-8,10,16H2,1-3H3. The molecule has 0 spiro atoms. The van der Waals surface area contributed by atoms with Crippen molar-refractivity contribution < 1.29 is 4.79 Å². The number of carbonyl (C=O) groups is 1. The van der Waals surface area contributed by atoms with Crippen molar-refractivity contribution in [3.63, 3.8) is 0 Å². The number of benzene rings is 1. The van der Waals surface area contributed by atoms with Gasteiger partial charge in [0.25, 0.3) is 0 Å². The lowest BCUT2D eigenvalue weighted by Gasteiger charge is -2.34. The van der Waals surface area contributed by atoms with Crippen LogP contribution >= 0.6 is 0 Å². The van der Waals surface area contributed by atoms with E-state index in [0.29, 0.717) is 12.5 Å². The number of rotatable bonds is 3. The van der Waals surface area contributed by atoms with Gasteiger partial charge in [0.05, 0.1) is 0 Å². The summed E-state index contributed by atoms with van der Waals surface area (Å²) >= 11 is 0. The van der Waals surface area contributed by atoms with Crippen molar-refractivity contribution in [2.45, 2.75) is 19.8 Å². The van der Waals surface area contributed by atoms with Gasteiger partial charge < -0.3 is 15.5 Å². The van der Waals surface area contributed by atoms with Crippen LogP contribution in [0.15, 0.2) is 18.2 Å². The average molecular weight is 261 g/mol. The van der Waals surface area contributed by atoms with Crippen LogP contribution in [0.1, 0.15) is 18.9 Å². The monoisotopic (exact) mass is 261 g/mol. The third-order valence-corrected chi connectivity index (χ3v) is 3.77. The van der Waals surface area contributed by atoms with E-state index in [1.165, 1.54) is 11.3 Å². The third kappa shape index (κ3) is 2.89. The summed E-state index contributed by atoms with van der Waals surface area (Å²) in [5.41, 5.74) is 9.16. The van der Waals surface area contributed by atoms with Gasteiger partial charge in [-0.05, 0) is 49.1 Å². The highest BCUT2D eigenvalue weighted by molar-refractivity contribution is 5.93. The van der Waals surface area contributed by atoms with E-state index in [0.717, 1.165) is 25.1 Å². The zero-order chi connectivity index (χ0) is 14.0. The molecule has 1 aromatic carbocycles. The van der Waals surface area contributed by atoms with Crippen LogP contribution in [0.5, 0.6) is 0 Å². The number of nitrogens with zero attached hydrogens (tertiary/aromatic N) is 2. The van der Waals surface area contributed by atoms with Crippen molar-refractivity contribution in [3.05, 3.63) is 23.8 Å². The van der Waals surface area contributed by atoms with Gasteiger partial charge in [-0.1, -0.05) is 0 Å². The van der Waals surface area contributed by atoms with Crippen molar-refractivity contribution in [3.8, 4) is 0 Å². The lowest BCUT2D eigenvalue weighted by atomic mass is 9.89. The van der Waals surface area contributed by atoms with Crippen LogP contribution < -0.4 is 15.5 Å². The summed E-state index contributed by atoms with van der Waals surface area (Å²) in [4.78, 5) is 15.8.